The maximum atomic E-state index is 11.8. The van der Waals surface area contributed by atoms with Gasteiger partial charge in [0.1, 0.15) is 0 Å². The van der Waals surface area contributed by atoms with Gasteiger partial charge in [-0.2, -0.15) is 0 Å². The molecule has 1 heterocycles. The van der Waals surface area contributed by atoms with Crippen LogP contribution in [0, 0.1) is 0 Å². The van der Waals surface area contributed by atoms with Crippen molar-refractivity contribution in [3.63, 3.8) is 0 Å². The van der Waals surface area contributed by atoms with Crippen LogP contribution in [0.5, 0.6) is 17.2 Å². The maximum absolute atomic E-state index is 11.8. The van der Waals surface area contributed by atoms with Crippen molar-refractivity contribution in [2.24, 2.45) is 0 Å². The molecule has 0 radical (unpaired) electrons. The fraction of sp³-hybridized carbons (Fsp3) is 0. The number of hydrogen-bond acceptors (Lipinski definition) is 4. The predicted octanol–water partition coefficient (Wildman–Crippen LogP) is 1.75. The zero-order chi connectivity index (χ0) is 12.9. The molecule has 2 aliphatic rings. The Labute approximate surface area is 101 Å². The van der Waals surface area contributed by atoms with Gasteiger partial charge in [0.25, 0.3) is 0 Å². The first-order valence-electron chi connectivity index (χ1n) is 5.28. The summed E-state index contributed by atoms with van der Waals surface area (Å²) in [5.41, 5.74) is 0.225. The molecule has 4 N–H and O–H groups in total. The summed E-state index contributed by atoms with van der Waals surface area (Å²) in [6, 6.07) is 8.75. The van der Waals surface area contributed by atoms with Crippen molar-refractivity contribution in [1.29, 1.82) is 0 Å². The van der Waals surface area contributed by atoms with Gasteiger partial charge < -0.3 is 20.3 Å². The van der Waals surface area contributed by atoms with Crippen LogP contribution in [0.1, 0.15) is 0 Å². The average Bonchev–Trinajstić information content (AvgIpc) is 2.41. The van der Waals surface area contributed by atoms with E-state index in [9.17, 15) is 20.1 Å². The van der Waals surface area contributed by atoms with E-state index < -0.39 is 22.7 Å². The largest absolute Gasteiger partial charge is 0.503 e. The van der Waals surface area contributed by atoms with Crippen LogP contribution in [0.2, 0.25) is 0 Å². The van der Waals surface area contributed by atoms with Crippen LogP contribution in [0.4, 0.5) is 0 Å². The molecule has 0 saturated carbocycles. The van der Waals surface area contributed by atoms with Crippen molar-refractivity contribution in [3.8, 4) is 28.5 Å². The summed E-state index contributed by atoms with van der Waals surface area (Å²) in [4.78, 5) is 14.7. The highest BCUT2D eigenvalue weighted by Gasteiger charge is 2.22. The number of pyridine rings is 1. The fourth-order valence-corrected chi connectivity index (χ4v) is 2.00. The monoisotopic (exact) mass is 243 g/mol. The van der Waals surface area contributed by atoms with E-state index in [4.69, 9.17) is 0 Å². The summed E-state index contributed by atoms with van der Waals surface area (Å²) in [5, 5.41) is 29.4. The fourth-order valence-electron chi connectivity index (χ4n) is 2.00. The zero-order valence-corrected chi connectivity index (χ0v) is 9.14. The molecule has 18 heavy (non-hydrogen) atoms. The molecule has 5 nitrogen and oxygen atoms in total. The second-order valence-electron chi connectivity index (χ2n) is 4.02. The Hall–Kier alpha value is -2.69. The van der Waals surface area contributed by atoms with Crippen LogP contribution in [-0.2, 0) is 0 Å². The molecule has 0 spiro atoms. The highest BCUT2D eigenvalue weighted by atomic mass is 16.3. The zero-order valence-electron chi connectivity index (χ0n) is 9.14. The molecular formula is C13H9NO4. The Balaban J connectivity index is 2.59. The number of phenols is 3. The molecule has 0 fully saturated rings. The van der Waals surface area contributed by atoms with Crippen molar-refractivity contribution in [1.82, 2.24) is 4.98 Å². The van der Waals surface area contributed by atoms with Crippen LogP contribution in [0.25, 0.3) is 22.2 Å². The molecule has 5 heteroatoms. The number of aromatic hydroxyl groups is 3. The Bertz CT molecular complexity index is 791. The molecule has 0 amide bonds. The Morgan fingerprint density at radius 3 is 2.44 bits per heavy atom. The lowest BCUT2D eigenvalue weighted by Gasteiger charge is -2.11. The summed E-state index contributed by atoms with van der Waals surface area (Å²) in [5.74, 6) is -2.18. The molecule has 1 aliphatic carbocycles. The van der Waals surface area contributed by atoms with Gasteiger partial charge in [0.2, 0.25) is 16.9 Å². The number of hydrogen-bond donors (Lipinski definition) is 4. The number of fused-ring (bicyclic) bond motifs is 2. The molecule has 3 rings (SSSR count). The van der Waals surface area contributed by atoms with Crippen LogP contribution >= 0.6 is 0 Å². The smallest absolute Gasteiger partial charge is 0.233 e. The van der Waals surface area contributed by atoms with Crippen molar-refractivity contribution >= 4 is 10.9 Å². The number of phenolic OH excluding ortho intramolecular Hbond substituents is 3. The highest BCUT2D eigenvalue weighted by Crippen LogP contribution is 2.40. The third kappa shape index (κ3) is 1.24. The Kier molecular flexibility index (Phi) is 1.98. The molecule has 0 unspecified atom stereocenters. The molecule has 0 saturated heterocycles. The van der Waals surface area contributed by atoms with Crippen molar-refractivity contribution in [2.45, 2.75) is 0 Å². The average molecular weight is 243 g/mol. The summed E-state index contributed by atoms with van der Waals surface area (Å²) in [7, 11) is 0. The van der Waals surface area contributed by atoms with Crippen LogP contribution in [-0.4, -0.2) is 20.3 Å². The minimum Gasteiger partial charge on any atom is -0.503 e. The maximum Gasteiger partial charge on any atom is 0.233 e. The SMILES string of the molecule is O=c1c2cc3ccccc3[nH]c-2c(O)c(O)c1O. The summed E-state index contributed by atoms with van der Waals surface area (Å²) >= 11 is 0. The van der Waals surface area contributed by atoms with E-state index in [1.165, 1.54) is 0 Å². The third-order valence-corrected chi connectivity index (χ3v) is 2.93. The minimum atomic E-state index is -0.844. The van der Waals surface area contributed by atoms with E-state index in [2.05, 4.69) is 4.98 Å². The molecule has 90 valence electrons. The predicted molar refractivity (Wildman–Crippen MR) is 66.2 cm³/mol. The van der Waals surface area contributed by atoms with Crippen molar-refractivity contribution in [3.05, 3.63) is 40.6 Å². The first-order valence-corrected chi connectivity index (χ1v) is 5.28. The van der Waals surface area contributed by atoms with Gasteiger partial charge in [-0.05, 0) is 17.5 Å². The number of benzene rings is 2. The van der Waals surface area contributed by atoms with Gasteiger partial charge in [0.15, 0.2) is 5.75 Å². The highest BCUT2D eigenvalue weighted by molar-refractivity contribution is 5.88. The van der Waals surface area contributed by atoms with E-state index in [0.717, 1.165) is 5.39 Å². The molecule has 0 atom stereocenters. The summed E-state index contributed by atoms with van der Waals surface area (Å²) in [6.07, 6.45) is 0. The van der Waals surface area contributed by atoms with E-state index in [-0.39, 0.29) is 11.3 Å². The molecule has 0 bridgehead atoms. The van der Waals surface area contributed by atoms with E-state index >= 15 is 0 Å². The Morgan fingerprint density at radius 1 is 0.944 bits per heavy atom. The number of aromatic amines is 1. The van der Waals surface area contributed by atoms with Crippen molar-refractivity contribution < 1.29 is 15.3 Å². The quantitative estimate of drug-likeness (QED) is 0.357. The number of H-pyrrole nitrogens is 1. The topological polar surface area (TPSA) is 93.6 Å². The first-order chi connectivity index (χ1) is 8.59. The van der Waals surface area contributed by atoms with E-state index in [0.29, 0.717) is 5.52 Å². The van der Waals surface area contributed by atoms with Gasteiger partial charge in [-0.3, -0.25) is 4.79 Å². The van der Waals surface area contributed by atoms with Gasteiger partial charge >= 0.3 is 0 Å². The third-order valence-electron chi connectivity index (χ3n) is 2.93. The normalized spacial score (nSPS) is 11.1. The van der Waals surface area contributed by atoms with Crippen molar-refractivity contribution in [2.75, 3.05) is 0 Å². The lowest BCUT2D eigenvalue weighted by Crippen LogP contribution is -2.07. The second kappa shape index (κ2) is 3.40. The van der Waals surface area contributed by atoms with Crippen LogP contribution in [0.3, 0.4) is 0 Å². The molecule has 1 aliphatic heterocycles. The molecule has 1 aromatic rings. The molecule has 1 aromatic carbocycles. The van der Waals surface area contributed by atoms with E-state index in [1.807, 2.05) is 6.07 Å². The number of para-hydroxylation sites is 1. The number of nitrogens with one attached hydrogen (secondary N) is 1. The first kappa shape index (κ1) is 10.5. The lowest BCUT2D eigenvalue weighted by atomic mass is 10.0. The Morgan fingerprint density at radius 2 is 1.67 bits per heavy atom. The summed E-state index contributed by atoms with van der Waals surface area (Å²) < 4.78 is 0. The molecular weight excluding hydrogens is 234 g/mol. The van der Waals surface area contributed by atoms with Crippen LogP contribution in [0.15, 0.2) is 35.1 Å². The van der Waals surface area contributed by atoms with Gasteiger partial charge in [-0.15, -0.1) is 0 Å². The summed E-state index contributed by atoms with van der Waals surface area (Å²) in [6.45, 7) is 0. The standard InChI is InChI=1S/C13H9NO4/c15-10-7-5-6-3-1-2-4-8(6)14-9(7)11(16)13(18)12(10)17/h1-5,14,16-18H. The second-order valence-corrected chi connectivity index (χ2v) is 4.02. The van der Waals surface area contributed by atoms with Gasteiger partial charge in [-0.1, -0.05) is 18.2 Å². The number of aromatic nitrogens is 1. The van der Waals surface area contributed by atoms with Gasteiger partial charge in [-0.25, -0.2) is 0 Å². The van der Waals surface area contributed by atoms with Gasteiger partial charge in [0, 0.05) is 5.52 Å². The van der Waals surface area contributed by atoms with E-state index in [1.54, 1.807) is 24.3 Å². The lowest BCUT2D eigenvalue weighted by molar-refractivity contribution is 0.366. The number of rotatable bonds is 0. The van der Waals surface area contributed by atoms with Gasteiger partial charge in [0.05, 0.1) is 11.3 Å². The minimum absolute atomic E-state index is 0.106. The van der Waals surface area contributed by atoms with Crippen LogP contribution < -0.4 is 5.43 Å². The molecule has 0 aromatic heterocycles.